The molecular formula is C19H18N4O2. The summed E-state index contributed by atoms with van der Waals surface area (Å²) in [6.45, 7) is 4.16. The van der Waals surface area contributed by atoms with Crippen molar-refractivity contribution in [2.24, 2.45) is 0 Å². The standard InChI is InChI=1S/C19H18N4O2/c1-11-18(12(2)25-22-11)14-8-16(20)19(24)23(10-14)9-13-4-3-5-17-15(13)6-7-21-17/h3-8,10,21H,9,20H2,1-2H3. The number of pyridine rings is 1. The lowest BCUT2D eigenvalue weighted by Crippen LogP contribution is -2.23. The Morgan fingerprint density at radius 1 is 1.28 bits per heavy atom. The largest absolute Gasteiger partial charge is 0.394 e. The van der Waals surface area contributed by atoms with Crippen LogP contribution >= 0.6 is 0 Å². The van der Waals surface area contributed by atoms with Crippen molar-refractivity contribution in [2.45, 2.75) is 20.4 Å². The van der Waals surface area contributed by atoms with Crippen molar-refractivity contribution in [3.63, 3.8) is 0 Å². The molecule has 4 aromatic rings. The smallest absolute Gasteiger partial charge is 0.274 e. The van der Waals surface area contributed by atoms with Crippen molar-refractivity contribution in [3.8, 4) is 11.1 Å². The summed E-state index contributed by atoms with van der Waals surface area (Å²) in [5.74, 6) is 0.704. The fourth-order valence-electron chi connectivity index (χ4n) is 3.28. The summed E-state index contributed by atoms with van der Waals surface area (Å²) in [6, 6.07) is 9.69. The minimum absolute atomic E-state index is 0.206. The summed E-state index contributed by atoms with van der Waals surface area (Å²) in [7, 11) is 0. The molecule has 3 aromatic heterocycles. The number of nitrogen functional groups attached to an aromatic ring is 1. The van der Waals surface area contributed by atoms with Crippen LogP contribution in [0, 0.1) is 13.8 Å². The molecule has 25 heavy (non-hydrogen) atoms. The number of nitrogens with one attached hydrogen (secondary N) is 1. The molecule has 0 aliphatic heterocycles. The highest BCUT2D eigenvalue weighted by Gasteiger charge is 2.15. The molecule has 0 radical (unpaired) electrons. The molecule has 0 aliphatic carbocycles. The number of anilines is 1. The Morgan fingerprint density at radius 2 is 2.12 bits per heavy atom. The van der Waals surface area contributed by atoms with Crippen LogP contribution in [0.1, 0.15) is 17.0 Å². The molecule has 4 rings (SSSR count). The van der Waals surface area contributed by atoms with Gasteiger partial charge in [0.2, 0.25) is 0 Å². The molecule has 3 N–H and O–H groups in total. The third kappa shape index (κ3) is 2.52. The monoisotopic (exact) mass is 334 g/mol. The molecule has 0 saturated heterocycles. The number of hydrogen-bond donors (Lipinski definition) is 2. The van der Waals surface area contributed by atoms with Gasteiger partial charge in [-0.3, -0.25) is 4.79 Å². The maximum Gasteiger partial charge on any atom is 0.274 e. The SMILES string of the molecule is Cc1noc(C)c1-c1cc(N)c(=O)n(Cc2cccc3[nH]ccc23)c1. The molecule has 6 nitrogen and oxygen atoms in total. The van der Waals surface area contributed by atoms with E-state index in [1.54, 1.807) is 10.6 Å². The van der Waals surface area contributed by atoms with Gasteiger partial charge in [0, 0.05) is 34.4 Å². The maximum absolute atomic E-state index is 12.5. The summed E-state index contributed by atoms with van der Waals surface area (Å²) in [4.78, 5) is 15.7. The average molecular weight is 334 g/mol. The van der Waals surface area contributed by atoms with Gasteiger partial charge in [0.05, 0.1) is 17.9 Å². The average Bonchev–Trinajstić information content (AvgIpc) is 3.19. The Morgan fingerprint density at radius 3 is 2.88 bits per heavy atom. The Kier molecular flexibility index (Phi) is 3.46. The molecule has 0 spiro atoms. The van der Waals surface area contributed by atoms with Gasteiger partial charge in [-0.25, -0.2) is 0 Å². The van der Waals surface area contributed by atoms with E-state index in [2.05, 4.69) is 10.1 Å². The fraction of sp³-hybridized carbons (Fsp3) is 0.158. The van der Waals surface area contributed by atoms with Crippen LogP contribution in [0.5, 0.6) is 0 Å². The second-order valence-corrected chi connectivity index (χ2v) is 6.17. The van der Waals surface area contributed by atoms with Gasteiger partial charge in [0.15, 0.2) is 0 Å². The first-order chi connectivity index (χ1) is 12.0. The highest BCUT2D eigenvalue weighted by atomic mass is 16.5. The van der Waals surface area contributed by atoms with Gasteiger partial charge >= 0.3 is 0 Å². The van der Waals surface area contributed by atoms with Crippen LogP contribution in [0.4, 0.5) is 5.69 Å². The van der Waals surface area contributed by atoms with Crippen molar-refractivity contribution in [1.82, 2.24) is 14.7 Å². The molecule has 126 valence electrons. The van der Waals surface area contributed by atoms with Gasteiger partial charge < -0.3 is 19.8 Å². The summed E-state index contributed by atoms with van der Waals surface area (Å²) in [5.41, 5.74) is 10.6. The molecule has 0 bridgehead atoms. The van der Waals surface area contributed by atoms with Crippen LogP contribution in [0.15, 0.2) is 52.0 Å². The predicted molar refractivity (Wildman–Crippen MR) is 97.5 cm³/mol. The van der Waals surface area contributed by atoms with Crippen molar-refractivity contribution in [2.75, 3.05) is 5.73 Å². The van der Waals surface area contributed by atoms with E-state index in [1.807, 2.05) is 50.5 Å². The van der Waals surface area contributed by atoms with E-state index >= 15 is 0 Å². The Bertz CT molecular complexity index is 1110. The van der Waals surface area contributed by atoms with E-state index in [9.17, 15) is 4.79 Å². The van der Waals surface area contributed by atoms with Gasteiger partial charge in [0.1, 0.15) is 5.76 Å². The van der Waals surface area contributed by atoms with Gasteiger partial charge in [-0.1, -0.05) is 17.3 Å². The number of nitrogens with two attached hydrogens (primary N) is 1. The normalized spacial score (nSPS) is 11.3. The van der Waals surface area contributed by atoms with Crippen LogP contribution in [-0.2, 0) is 6.54 Å². The Labute approximate surface area is 143 Å². The zero-order chi connectivity index (χ0) is 17.6. The Balaban J connectivity index is 1.85. The second kappa shape index (κ2) is 5.66. The molecule has 0 saturated carbocycles. The zero-order valence-corrected chi connectivity index (χ0v) is 14.0. The van der Waals surface area contributed by atoms with Crippen LogP contribution in [0.25, 0.3) is 22.0 Å². The Hall–Kier alpha value is -3.28. The van der Waals surface area contributed by atoms with Gasteiger partial charge in [-0.05, 0) is 37.6 Å². The number of nitrogens with zero attached hydrogens (tertiary/aromatic N) is 2. The van der Waals surface area contributed by atoms with Crippen LogP contribution in [0.2, 0.25) is 0 Å². The van der Waals surface area contributed by atoms with Crippen LogP contribution in [-0.4, -0.2) is 14.7 Å². The van der Waals surface area contributed by atoms with Crippen molar-refractivity contribution < 1.29 is 4.52 Å². The molecule has 3 heterocycles. The quantitative estimate of drug-likeness (QED) is 0.602. The third-order valence-electron chi connectivity index (χ3n) is 4.46. The summed E-state index contributed by atoms with van der Waals surface area (Å²) in [6.07, 6.45) is 3.71. The number of aryl methyl sites for hydroxylation is 2. The molecule has 1 aromatic carbocycles. The lowest BCUT2D eigenvalue weighted by atomic mass is 10.1. The lowest BCUT2D eigenvalue weighted by Gasteiger charge is -2.11. The van der Waals surface area contributed by atoms with E-state index in [0.717, 1.165) is 33.3 Å². The third-order valence-corrected chi connectivity index (χ3v) is 4.46. The van der Waals surface area contributed by atoms with Crippen molar-refractivity contribution in [1.29, 1.82) is 0 Å². The van der Waals surface area contributed by atoms with Crippen LogP contribution in [0.3, 0.4) is 0 Å². The van der Waals surface area contributed by atoms with Gasteiger partial charge in [-0.15, -0.1) is 0 Å². The number of fused-ring (bicyclic) bond motifs is 1. The van der Waals surface area contributed by atoms with E-state index in [0.29, 0.717) is 12.3 Å². The van der Waals surface area contributed by atoms with E-state index in [4.69, 9.17) is 10.3 Å². The first-order valence-corrected chi connectivity index (χ1v) is 8.03. The number of H-pyrrole nitrogens is 1. The topological polar surface area (TPSA) is 89.8 Å². The van der Waals surface area contributed by atoms with Crippen molar-refractivity contribution >= 4 is 16.6 Å². The fourth-order valence-corrected chi connectivity index (χ4v) is 3.28. The molecule has 6 heteroatoms. The summed E-state index contributed by atoms with van der Waals surface area (Å²) < 4.78 is 6.88. The highest BCUT2D eigenvalue weighted by Crippen LogP contribution is 2.27. The van der Waals surface area contributed by atoms with Gasteiger partial charge in [-0.2, -0.15) is 0 Å². The minimum atomic E-state index is -0.206. The molecule has 0 unspecified atom stereocenters. The predicted octanol–water partition coefficient (Wildman–Crippen LogP) is 3.23. The molecule has 0 atom stereocenters. The number of aromatic nitrogens is 3. The maximum atomic E-state index is 12.5. The number of benzene rings is 1. The van der Waals surface area contributed by atoms with E-state index in [-0.39, 0.29) is 11.2 Å². The number of rotatable bonds is 3. The first kappa shape index (κ1) is 15.3. The lowest BCUT2D eigenvalue weighted by molar-refractivity contribution is 0.393. The molecule has 0 fully saturated rings. The minimum Gasteiger partial charge on any atom is -0.394 e. The van der Waals surface area contributed by atoms with E-state index in [1.165, 1.54) is 0 Å². The molecule has 0 aliphatic rings. The van der Waals surface area contributed by atoms with Crippen LogP contribution < -0.4 is 11.3 Å². The highest BCUT2D eigenvalue weighted by molar-refractivity contribution is 5.82. The summed E-state index contributed by atoms with van der Waals surface area (Å²) in [5, 5.41) is 5.08. The molecule has 0 amide bonds. The second-order valence-electron chi connectivity index (χ2n) is 6.17. The first-order valence-electron chi connectivity index (χ1n) is 8.03. The number of hydrogen-bond acceptors (Lipinski definition) is 4. The van der Waals surface area contributed by atoms with Gasteiger partial charge in [0.25, 0.3) is 5.56 Å². The zero-order valence-electron chi connectivity index (χ0n) is 14.0. The summed E-state index contributed by atoms with van der Waals surface area (Å²) >= 11 is 0. The van der Waals surface area contributed by atoms with E-state index < -0.39 is 0 Å². The molecular weight excluding hydrogens is 316 g/mol. The number of aromatic amines is 1. The van der Waals surface area contributed by atoms with Crippen molar-refractivity contribution in [3.05, 3.63) is 70.1 Å².